The lowest BCUT2D eigenvalue weighted by molar-refractivity contribution is 0.262. The van der Waals surface area contributed by atoms with E-state index in [-0.39, 0.29) is 17.9 Å². The molecule has 4 rings (SSSR count). The number of anilines is 2. The highest BCUT2D eigenvalue weighted by Gasteiger charge is 2.08. The van der Waals surface area contributed by atoms with Gasteiger partial charge in [0.2, 0.25) is 0 Å². The Labute approximate surface area is 174 Å². The Bertz CT molecular complexity index is 1310. The van der Waals surface area contributed by atoms with Crippen LogP contribution in [0.1, 0.15) is 5.69 Å². The lowest BCUT2D eigenvalue weighted by Crippen LogP contribution is -2.20. The zero-order valence-corrected chi connectivity index (χ0v) is 16.0. The molecule has 0 aliphatic carbocycles. The molecule has 0 fully saturated rings. The maximum atomic E-state index is 13.6. The quantitative estimate of drug-likeness (QED) is 0.505. The van der Waals surface area contributed by atoms with E-state index in [1.54, 1.807) is 48.7 Å². The van der Waals surface area contributed by atoms with E-state index in [4.69, 9.17) is 4.74 Å². The molecular weight excluding hydrogens is 406 g/mol. The number of nitrogens with zero attached hydrogens (tertiary/aromatic N) is 2. The first kappa shape index (κ1) is 20.0. The third kappa shape index (κ3) is 4.84. The number of ether oxygens (including phenoxy) is 1. The molecule has 2 aromatic heterocycles. The molecule has 0 aliphatic rings. The number of carbonyl (C=O) groups excluding carboxylic acids is 1. The molecule has 2 aromatic carbocycles. The zero-order valence-electron chi connectivity index (χ0n) is 16.0. The minimum absolute atomic E-state index is 0.0950. The molecule has 2 heterocycles. The molecule has 0 spiro atoms. The molecule has 31 heavy (non-hydrogen) atoms. The fourth-order valence-electron chi connectivity index (χ4n) is 2.84. The van der Waals surface area contributed by atoms with E-state index in [9.17, 15) is 18.4 Å². The van der Waals surface area contributed by atoms with Crippen LogP contribution >= 0.6 is 0 Å². The summed E-state index contributed by atoms with van der Waals surface area (Å²) in [6.07, 6.45) is 1.64. The Balaban J connectivity index is 1.36. The highest BCUT2D eigenvalue weighted by atomic mass is 19.1. The van der Waals surface area contributed by atoms with Crippen molar-refractivity contribution in [1.29, 1.82) is 0 Å². The van der Waals surface area contributed by atoms with Gasteiger partial charge in [0.15, 0.2) is 0 Å². The molecule has 9 heteroatoms. The van der Waals surface area contributed by atoms with Crippen molar-refractivity contribution < 1.29 is 18.3 Å². The minimum Gasteiger partial charge on any atom is -0.487 e. The van der Waals surface area contributed by atoms with Crippen LogP contribution in [0.2, 0.25) is 0 Å². The second-order valence-corrected chi connectivity index (χ2v) is 6.53. The van der Waals surface area contributed by atoms with Crippen molar-refractivity contribution in [3.63, 3.8) is 0 Å². The molecule has 2 amide bonds. The molecule has 0 unspecified atom stereocenters. The standard InChI is InChI=1S/C22H16F2N4O3/c23-14-4-9-19(18(24)11-14)27-22(30)26-15-5-7-17(8-6-15)31-13-16-12-21(29)28-10-2-1-3-20(28)25-16/h1-12H,13H2,(H2,26,27,30). The SMILES string of the molecule is O=C(Nc1ccc(OCc2cc(=O)n3ccccc3n2)cc1)Nc1ccc(F)cc1F. The van der Waals surface area contributed by atoms with E-state index in [0.717, 1.165) is 12.1 Å². The molecule has 0 bridgehead atoms. The van der Waals surface area contributed by atoms with Crippen molar-refractivity contribution in [2.24, 2.45) is 0 Å². The second kappa shape index (κ2) is 8.62. The summed E-state index contributed by atoms with van der Waals surface area (Å²) in [5.74, 6) is -1.10. The Morgan fingerprint density at radius 3 is 2.58 bits per heavy atom. The van der Waals surface area contributed by atoms with Crippen LogP contribution in [0.5, 0.6) is 5.75 Å². The number of amides is 2. The van der Waals surface area contributed by atoms with Gasteiger partial charge >= 0.3 is 6.03 Å². The van der Waals surface area contributed by atoms with Gasteiger partial charge in [0.25, 0.3) is 5.56 Å². The largest absolute Gasteiger partial charge is 0.487 e. The van der Waals surface area contributed by atoms with Crippen LogP contribution in [0.15, 0.2) is 77.7 Å². The average molecular weight is 422 g/mol. The zero-order chi connectivity index (χ0) is 21.8. The smallest absolute Gasteiger partial charge is 0.323 e. The number of nitrogens with one attached hydrogen (secondary N) is 2. The number of carbonyl (C=O) groups is 1. The maximum absolute atomic E-state index is 13.6. The van der Waals surface area contributed by atoms with Crippen LogP contribution in [0.25, 0.3) is 5.65 Å². The van der Waals surface area contributed by atoms with Gasteiger partial charge in [-0.2, -0.15) is 0 Å². The van der Waals surface area contributed by atoms with Gasteiger partial charge in [-0.25, -0.2) is 18.6 Å². The molecule has 4 aromatic rings. The van der Waals surface area contributed by atoms with E-state index in [2.05, 4.69) is 15.6 Å². The topological polar surface area (TPSA) is 84.7 Å². The molecule has 0 saturated heterocycles. The second-order valence-electron chi connectivity index (χ2n) is 6.53. The van der Waals surface area contributed by atoms with Crippen molar-refractivity contribution in [2.75, 3.05) is 10.6 Å². The van der Waals surface area contributed by atoms with Gasteiger partial charge in [-0.05, 0) is 48.5 Å². The Morgan fingerprint density at radius 2 is 1.81 bits per heavy atom. The van der Waals surface area contributed by atoms with E-state index in [1.165, 1.54) is 10.5 Å². The average Bonchev–Trinajstić information content (AvgIpc) is 2.75. The summed E-state index contributed by atoms with van der Waals surface area (Å²) in [6, 6.07) is 15.3. The predicted octanol–water partition coefficient (Wildman–Crippen LogP) is 4.20. The van der Waals surface area contributed by atoms with Gasteiger partial charge in [0, 0.05) is 24.0 Å². The first-order valence-corrected chi connectivity index (χ1v) is 9.21. The van der Waals surface area contributed by atoms with Gasteiger partial charge < -0.3 is 15.4 Å². The highest BCUT2D eigenvalue weighted by molar-refractivity contribution is 5.99. The monoisotopic (exact) mass is 422 g/mol. The van der Waals surface area contributed by atoms with E-state index >= 15 is 0 Å². The Hall–Kier alpha value is -4.27. The van der Waals surface area contributed by atoms with Crippen molar-refractivity contribution in [2.45, 2.75) is 6.61 Å². The number of urea groups is 1. The van der Waals surface area contributed by atoms with E-state index < -0.39 is 17.7 Å². The lowest BCUT2D eigenvalue weighted by atomic mass is 10.3. The number of hydrogen-bond donors (Lipinski definition) is 2. The molecule has 7 nitrogen and oxygen atoms in total. The number of aromatic nitrogens is 2. The number of pyridine rings is 1. The first-order valence-electron chi connectivity index (χ1n) is 9.21. The third-order valence-corrected chi connectivity index (χ3v) is 4.30. The van der Waals surface area contributed by atoms with Gasteiger partial charge in [0.1, 0.15) is 29.6 Å². The molecule has 0 radical (unpaired) electrons. The van der Waals surface area contributed by atoms with Crippen LogP contribution in [0.3, 0.4) is 0 Å². The summed E-state index contributed by atoms with van der Waals surface area (Å²) in [7, 11) is 0. The highest BCUT2D eigenvalue weighted by Crippen LogP contribution is 2.18. The normalized spacial score (nSPS) is 10.6. The summed E-state index contributed by atoms with van der Waals surface area (Å²) < 4.78 is 33.6. The molecule has 156 valence electrons. The van der Waals surface area contributed by atoms with Crippen molar-refractivity contribution in [3.8, 4) is 5.75 Å². The number of hydrogen-bond acceptors (Lipinski definition) is 4. The third-order valence-electron chi connectivity index (χ3n) is 4.30. The minimum atomic E-state index is -0.874. The maximum Gasteiger partial charge on any atom is 0.323 e. The molecular formula is C22H16F2N4O3. The van der Waals surface area contributed by atoms with Crippen LogP contribution in [0, 0.1) is 11.6 Å². The van der Waals surface area contributed by atoms with E-state index in [0.29, 0.717) is 28.8 Å². The van der Waals surface area contributed by atoms with Crippen LogP contribution in [-0.4, -0.2) is 15.4 Å². The van der Waals surface area contributed by atoms with Gasteiger partial charge in [-0.1, -0.05) is 6.07 Å². The summed E-state index contributed by atoms with van der Waals surface area (Å²) in [4.78, 5) is 28.5. The van der Waals surface area contributed by atoms with Gasteiger partial charge in [0.05, 0.1) is 11.4 Å². The van der Waals surface area contributed by atoms with Crippen molar-refractivity contribution >= 4 is 23.1 Å². The fraction of sp³-hybridized carbons (Fsp3) is 0.0455. The van der Waals surface area contributed by atoms with Crippen LogP contribution in [0.4, 0.5) is 25.0 Å². The van der Waals surface area contributed by atoms with Crippen molar-refractivity contribution in [3.05, 3.63) is 101 Å². The number of benzene rings is 2. The summed E-state index contributed by atoms with van der Waals surface area (Å²) in [5.41, 5.74) is 1.11. The van der Waals surface area contributed by atoms with Gasteiger partial charge in [-0.15, -0.1) is 0 Å². The first-order chi connectivity index (χ1) is 15.0. The molecule has 0 atom stereocenters. The number of halogens is 2. The number of fused-ring (bicyclic) bond motifs is 1. The summed E-state index contributed by atoms with van der Waals surface area (Å²) in [5, 5.41) is 4.84. The fourth-order valence-corrected chi connectivity index (χ4v) is 2.84. The number of rotatable bonds is 5. The van der Waals surface area contributed by atoms with E-state index in [1.807, 2.05) is 0 Å². The molecule has 2 N–H and O–H groups in total. The molecule has 0 aliphatic heterocycles. The Kier molecular flexibility index (Phi) is 5.57. The van der Waals surface area contributed by atoms with Crippen LogP contribution < -0.4 is 20.9 Å². The van der Waals surface area contributed by atoms with Gasteiger partial charge in [-0.3, -0.25) is 9.20 Å². The summed E-state index contributed by atoms with van der Waals surface area (Å²) in [6.45, 7) is 0.0950. The molecule has 0 saturated carbocycles. The predicted molar refractivity (Wildman–Crippen MR) is 111 cm³/mol. The van der Waals surface area contributed by atoms with Crippen molar-refractivity contribution in [1.82, 2.24) is 9.38 Å². The lowest BCUT2D eigenvalue weighted by Gasteiger charge is -2.10. The van der Waals surface area contributed by atoms with Crippen LogP contribution in [-0.2, 0) is 6.61 Å². The Morgan fingerprint density at radius 1 is 1.00 bits per heavy atom. The summed E-state index contributed by atoms with van der Waals surface area (Å²) >= 11 is 0.